The van der Waals surface area contributed by atoms with Crippen molar-refractivity contribution in [2.45, 2.75) is 20.4 Å². The first-order valence-corrected chi connectivity index (χ1v) is 4.97. The van der Waals surface area contributed by atoms with Crippen molar-refractivity contribution in [3.05, 3.63) is 35.4 Å². The number of carboxylic acids is 1. The highest BCUT2D eigenvalue weighted by Crippen LogP contribution is 1.95. The molecule has 0 unspecified atom stereocenters. The van der Waals surface area contributed by atoms with Crippen LogP contribution >= 0.6 is 0 Å². The second kappa shape index (κ2) is 5.97. The van der Waals surface area contributed by atoms with Crippen LogP contribution in [0, 0.1) is 6.92 Å². The Balaban J connectivity index is 2.39. The van der Waals surface area contributed by atoms with Crippen LogP contribution in [0.25, 0.3) is 0 Å². The molecule has 5 heteroatoms. The van der Waals surface area contributed by atoms with Gasteiger partial charge in [0.2, 0.25) is 0 Å². The third kappa shape index (κ3) is 4.65. The predicted octanol–water partition coefficient (Wildman–Crippen LogP) is 0.906. The molecule has 1 heterocycles. The van der Waals surface area contributed by atoms with Crippen LogP contribution in [-0.4, -0.2) is 27.6 Å². The molecule has 0 atom stereocenters. The number of nitrogens with zero attached hydrogens (tertiary/aromatic N) is 2. The lowest BCUT2D eigenvalue weighted by Gasteiger charge is -2.04. The maximum Gasteiger partial charge on any atom is 0.328 e. The van der Waals surface area contributed by atoms with Crippen LogP contribution in [0.5, 0.6) is 0 Å². The van der Waals surface area contributed by atoms with E-state index in [2.05, 4.69) is 15.3 Å². The summed E-state index contributed by atoms with van der Waals surface area (Å²) >= 11 is 0. The third-order valence-corrected chi connectivity index (χ3v) is 1.91. The van der Waals surface area contributed by atoms with Gasteiger partial charge in [0.25, 0.3) is 0 Å². The summed E-state index contributed by atoms with van der Waals surface area (Å²) in [5, 5.41) is 11.6. The number of carboxylic acid groups (broad SMARTS) is 1. The molecule has 0 bridgehead atoms. The first-order chi connectivity index (χ1) is 7.58. The second-order valence-corrected chi connectivity index (χ2v) is 3.53. The molecule has 0 aromatic carbocycles. The van der Waals surface area contributed by atoms with E-state index in [1.54, 1.807) is 13.1 Å². The first-order valence-electron chi connectivity index (χ1n) is 4.97. The van der Waals surface area contributed by atoms with E-state index < -0.39 is 5.97 Å². The van der Waals surface area contributed by atoms with Crippen molar-refractivity contribution in [3.63, 3.8) is 0 Å². The lowest BCUT2D eigenvalue weighted by Crippen LogP contribution is -2.17. The van der Waals surface area contributed by atoms with Gasteiger partial charge in [0.05, 0.1) is 5.69 Å². The molecule has 1 aromatic heterocycles. The Labute approximate surface area is 94.2 Å². The van der Waals surface area contributed by atoms with Gasteiger partial charge in [-0.2, -0.15) is 0 Å². The van der Waals surface area contributed by atoms with E-state index in [1.165, 1.54) is 6.08 Å². The SMILES string of the molecule is C/C(=C/C(=O)O)CNCc1ccnc(C)n1. The van der Waals surface area contributed by atoms with Crippen molar-refractivity contribution in [3.8, 4) is 0 Å². The minimum atomic E-state index is -0.919. The van der Waals surface area contributed by atoms with Crippen LogP contribution in [0.1, 0.15) is 18.4 Å². The zero-order chi connectivity index (χ0) is 12.0. The van der Waals surface area contributed by atoms with Crippen molar-refractivity contribution in [2.24, 2.45) is 0 Å². The molecule has 5 nitrogen and oxygen atoms in total. The number of aryl methyl sites for hydroxylation is 1. The number of nitrogens with one attached hydrogen (secondary N) is 1. The largest absolute Gasteiger partial charge is 0.478 e. The van der Waals surface area contributed by atoms with Crippen LogP contribution in [-0.2, 0) is 11.3 Å². The Kier molecular flexibility index (Phi) is 4.60. The van der Waals surface area contributed by atoms with Crippen molar-refractivity contribution >= 4 is 5.97 Å². The fraction of sp³-hybridized carbons (Fsp3) is 0.364. The summed E-state index contributed by atoms with van der Waals surface area (Å²) in [6.45, 7) is 4.74. The van der Waals surface area contributed by atoms with Gasteiger partial charge in [0.15, 0.2) is 0 Å². The van der Waals surface area contributed by atoms with Gasteiger partial charge in [0.1, 0.15) is 5.82 Å². The summed E-state index contributed by atoms with van der Waals surface area (Å²) in [6.07, 6.45) is 2.90. The number of aromatic nitrogens is 2. The van der Waals surface area contributed by atoms with E-state index in [1.807, 2.05) is 13.0 Å². The Morgan fingerprint density at radius 3 is 3.00 bits per heavy atom. The third-order valence-electron chi connectivity index (χ3n) is 1.91. The fourth-order valence-electron chi connectivity index (χ4n) is 1.25. The predicted molar refractivity (Wildman–Crippen MR) is 59.9 cm³/mol. The Morgan fingerprint density at radius 2 is 2.38 bits per heavy atom. The molecule has 2 N–H and O–H groups in total. The second-order valence-electron chi connectivity index (χ2n) is 3.53. The highest BCUT2D eigenvalue weighted by Gasteiger charge is 1.97. The summed E-state index contributed by atoms with van der Waals surface area (Å²) < 4.78 is 0. The smallest absolute Gasteiger partial charge is 0.328 e. The van der Waals surface area contributed by atoms with E-state index in [0.717, 1.165) is 17.1 Å². The molecule has 1 rings (SSSR count). The molecular formula is C11H15N3O2. The summed E-state index contributed by atoms with van der Waals surface area (Å²) in [6, 6.07) is 1.83. The molecule has 0 amide bonds. The number of hydrogen-bond acceptors (Lipinski definition) is 4. The van der Waals surface area contributed by atoms with Gasteiger partial charge < -0.3 is 10.4 Å². The molecule has 86 valence electrons. The first kappa shape index (κ1) is 12.3. The standard InChI is InChI=1S/C11H15N3O2/c1-8(5-11(15)16)6-12-7-10-3-4-13-9(2)14-10/h3-5,12H,6-7H2,1-2H3,(H,15,16)/b8-5-. The topological polar surface area (TPSA) is 75.1 Å². The lowest BCUT2D eigenvalue weighted by atomic mass is 10.3. The van der Waals surface area contributed by atoms with E-state index in [-0.39, 0.29) is 0 Å². The zero-order valence-corrected chi connectivity index (χ0v) is 9.40. The van der Waals surface area contributed by atoms with Crippen LogP contribution in [0.15, 0.2) is 23.9 Å². The fourth-order valence-corrected chi connectivity index (χ4v) is 1.25. The van der Waals surface area contributed by atoms with Gasteiger partial charge in [-0.1, -0.05) is 5.57 Å². The summed E-state index contributed by atoms with van der Waals surface area (Å²) in [7, 11) is 0. The number of aliphatic carboxylic acids is 1. The van der Waals surface area contributed by atoms with Gasteiger partial charge in [-0.15, -0.1) is 0 Å². The lowest BCUT2D eigenvalue weighted by molar-refractivity contribution is -0.131. The van der Waals surface area contributed by atoms with E-state index in [4.69, 9.17) is 5.11 Å². The van der Waals surface area contributed by atoms with Gasteiger partial charge in [0, 0.05) is 25.4 Å². The van der Waals surface area contributed by atoms with E-state index in [9.17, 15) is 4.79 Å². The van der Waals surface area contributed by atoms with Crippen LogP contribution in [0.3, 0.4) is 0 Å². The van der Waals surface area contributed by atoms with Gasteiger partial charge in [-0.05, 0) is 19.9 Å². The van der Waals surface area contributed by atoms with Gasteiger partial charge in [-0.3, -0.25) is 0 Å². The number of rotatable bonds is 5. The molecule has 0 fully saturated rings. The average Bonchev–Trinajstić information content (AvgIpc) is 2.16. The van der Waals surface area contributed by atoms with Gasteiger partial charge >= 0.3 is 5.97 Å². The molecule has 0 aliphatic carbocycles. The molecule has 0 saturated carbocycles. The van der Waals surface area contributed by atoms with Crippen molar-refractivity contribution in [1.82, 2.24) is 15.3 Å². The van der Waals surface area contributed by atoms with Crippen LogP contribution < -0.4 is 5.32 Å². The van der Waals surface area contributed by atoms with Crippen molar-refractivity contribution < 1.29 is 9.90 Å². The quantitative estimate of drug-likeness (QED) is 0.723. The molecule has 0 saturated heterocycles. The normalized spacial score (nSPS) is 11.5. The molecule has 16 heavy (non-hydrogen) atoms. The summed E-state index contributed by atoms with van der Waals surface area (Å²) in [4.78, 5) is 18.6. The summed E-state index contributed by atoms with van der Waals surface area (Å²) in [5.74, 6) is -0.186. The van der Waals surface area contributed by atoms with Gasteiger partial charge in [-0.25, -0.2) is 14.8 Å². The van der Waals surface area contributed by atoms with Crippen LogP contribution in [0.2, 0.25) is 0 Å². The highest BCUT2D eigenvalue weighted by molar-refractivity contribution is 5.80. The molecule has 0 aliphatic rings. The average molecular weight is 221 g/mol. The Bertz CT molecular complexity index is 402. The molecular weight excluding hydrogens is 206 g/mol. The maximum absolute atomic E-state index is 10.4. The molecule has 0 spiro atoms. The van der Waals surface area contributed by atoms with E-state index in [0.29, 0.717) is 13.1 Å². The van der Waals surface area contributed by atoms with Crippen molar-refractivity contribution in [1.29, 1.82) is 0 Å². The number of carbonyl (C=O) groups is 1. The minimum absolute atomic E-state index is 0.537. The summed E-state index contributed by atoms with van der Waals surface area (Å²) in [5.41, 5.74) is 1.67. The maximum atomic E-state index is 10.4. The number of hydrogen-bond donors (Lipinski definition) is 2. The highest BCUT2D eigenvalue weighted by atomic mass is 16.4. The molecule has 0 aliphatic heterocycles. The van der Waals surface area contributed by atoms with Crippen molar-refractivity contribution in [2.75, 3.05) is 6.54 Å². The monoisotopic (exact) mass is 221 g/mol. The Morgan fingerprint density at radius 1 is 1.62 bits per heavy atom. The minimum Gasteiger partial charge on any atom is -0.478 e. The molecule has 1 aromatic rings. The van der Waals surface area contributed by atoms with E-state index >= 15 is 0 Å². The van der Waals surface area contributed by atoms with Crippen LogP contribution in [0.4, 0.5) is 0 Å². The Hall–Kier alpha value is -1.75. The zero-order valence-electron chi connectivity index (χ0n) is 9.40. The molecule has 0 radical (unpaired) electrons.